The van der Waals surface area contributed by atoms with Crippen molar-refractivity contribution in [1.82, 2.24) is 19.5 Å². The Morgan fingerprint density at radius 3 is 2.65 bits per heavy atom. The lowest BCUT2D eigenvalue weighted by Crippen LogP contribution is -2.13. The highest BCUT2D eigenvalue weighted by Gasteiger charge is 2.19. The van der Waals surface area contributed by atoms with E-state index in [-0.39, 0.29) is 17.5 Å². The molecule has 0 unspecified atom stereocenters. The van der Waals surface area contributed by atoms with E-state index >= 15 is 0 Å². The molecule has 3 aromatic heterocycles. The predicted molar refractivity (Wildman–Crippen MR) is 82.9 cm³/mol. The highest BCUT2D eigenvalue weighted by Crippen LogP contribution is 2.24. The van der Waals surface area contributed by atoms with Crippen LogP contribution in [-0.2, 0) is 0 Å². The smallest absolute Gasteiger partial charge is 0.267 e. The van der Waals surface area contributed by atoms with Crippen LogP contribution in [0, 0.1) is 6.07 Å². The molecule has 115 valence electrons. The van der Waals surface area contributed by atoms with Crippen LogP contribution in [0.2, 0.25) is 0 Å². The van der Waals surface area contributed by atoms with Crippen LogP contribution in [0.15, 0.2) is 31.0 Å². The van der Waals surface area contributed by atoms with Crippen LogP contribution in [0.1, 0.15) is 46.3 Å². The van der Waals surface area contributed by atoms with Gasteiger partial charge in [-0.15, -0.1) is 0 Å². The first-order chi connectivity index (χ1) is 11.0. The second kappa shape index (κ2) is 5.60. The maximum atomic E-state index is 12.7. The van der Waals surface area contributed by atoms with Crippen LogP contribution < -0.4 is 5.73 Å². The highest BCUT2D eigenvalue weighted by atomic mass is 16.1. The van der Waals surface area contributed by atoms with Crippen molar-refractivity contribution >= 4 is 22.7 Å². The zero-order chi connectivity index (χ0) is 16.6. The van der Waals surface area contributed by atoms with Crippen LogP contribution in [0.25, 0.3) is 11.0 Å². The molecule has 0 atom stereocenters. The van der Waals surface area contributed by atoms with Crippen molar-refractivity contribution in [1.29, 1.82) is 0 Å². The molecular weight excluding hydrogens is 294 g/mol. The Morgan fingerprint density at radius 1 is 1.26 bits per heavy atom. The number of rotatable bonds is 4. The van der Waals surface area contributed by atoms with Crippen LogP contribution in [0.4, 0.5) is 0 Å². The molecule has 3 rings (SSSR count). The number of pyridine rings is 1. The Balaban J connectivity index is 2.09. The van der Waals surface area contributed by atoms with Crippen LogP contribution >= 0.6 is 0 Å². The summed E-state index contributed by atoms with van der Waals surface area (Å²) in [6, 6.07) is 4.18. The highest BCUT2D eigenvalue weighted by molar-refractivity contribution is 6.15. The summed E-state index contributed by atoms with van der Waals surface area (Å²) in [5, 5.41) is 0.671. The molecule has 0 aromatic carbocycles. The number of amides is 1. The standard InChI is InChI=1S/C16H14N5O2/c1-9(2)21-7-12(11-6-18-8-20-16(11)21)14(22)10-3-4-13(15(17)23)19-5-10/h3,5-9H,1-2H3,(H2,17,23). The quantitative estimate of drug-likeness (QED) is 0.736. The molecule has 1 amide bonds. The molecule has 7 nitrogen and oxygen atoms in total. The minimum Gasteiger partial charge on any atom is -0.364 e. The van der Waals surface area contributed by atoms with E-state index in [1.165, 1.54) is 18.6 Å². The Labute approximate surface area is 132 Å². The Morgan fingerprint density at radius 2 is 2.04 bits per heavy atom. The summed E-state index contributed by atoms with van der Waals surface area (Å²) < 4.78 is 1.92. The van der Waals surface area contributed by atoms with Crippen molar-refractivity contribution in [2.75, 3.05) is 0 Å². The van der Waals surface area contributed by atoms with Gasteiger partial charge in [0.05, 0.1) is 5.56 Å². The van der Waals surface area contributed by atoms with Crippen molar-refractivity contribution in [2.24, 2.45) is 5.73 Å². The van der Waals surface area contributed by atoms with E-state index in [9.17, 15) is 9.59 Å². The number of nitrogens with zero attached hydrogens (tertiary/aromatic N) is 4. The van der Waals surface area contributed by atoms with E-state index in [0.717, 1.165) is 0 Å². The van der Waals surface area contributed by atoms with Gasteiger partial charge in [-0.1, -0.05) is 0 Å². The molecule has 3 heterocycles. The molecule has 0 aliphatic heterocycles. The van der Waals surface area contributed by atoms with E-state index in [4.69, 9.17) is 5.73 Å². The number of nitrogens with two attached hydrogens (primary N) is 1. The van der Waals surface area contributed by atoms with Crippen molar-refractivity contribution in [3.63, 3.8) is 0 Å². The fourth-order valence-corrected chi connectivity index (χ4v) is 2.33. The molecule has 0 spiro atoms. The number of ketones is 1. The van der Waals surface area contributed by atoms with E-state index in [2.05, 4.69) is 21.0 Å². The first-order valence-corrected chi connectivity index (χ1v) is 7.02. The fourth-order valence-electron chi connectivity index (χ4n) is 2.33. The third kappa shape index (κ3) is 2.57. The van der Waals surface area contributed by atoms with Gasteiger partial charge in [-0.25, -0.2) is 15.0 Å². The number of aromatic nitrogens is 4. The average Bonchev–Trinajstić information content (AvgIpc) is 2.94. The second-order valence-electron chi connectivity index (χ2n) is 5.35. The average molecular weight is 308 g/mol. The minimum absolute atomic E-state index is 0.00510. The van der Waals surface area contributed by atoms with Gasteiger partial charge in [0, 0.05) is 41.6 Å². The summed E-state index contributed by atoms with van der Waals surface area (Å²) >= 11 is 0. The summed E-state index contributed by atoms with van der Waals surface area (Å²) in [6.07, 6.45) is 6.14. The molecule has 1 radical (unpaired) electrons. The van der Waals surface area contributed by atoms with Gasteiger partial charge in [-0.3, -0.25) is 9.59 Å². The largest absolute Gasteiger partial charge is 0.364 e. The van der Waals surface area contributed by atoms with Gasteiger partial charge in [-0.05, 0) is 19.9 Å². The Bertz CT molecular complexity index is 896. The van der Waals surface area contributed by atoms with Crippen molar-refractivity contribution in [2.45, 2.75) is 19.9 Å². The monoisotopic (exact) mass is 308 g/mol. The SMILES string of the molecule is CC(C)n1cc(C(=O)c2c[c]c(C(N)=O)nc2)c2cncnc21. The van der Waals surface area contributed by atoms with E-state index in [0.29, 0.717) is 22.2 Å². The molecule has 3 aromatic rings. The van der Waals surface area contributed by atoms with Crippen LogP contribution in [0.3, 0.4) is 0 Å². The summed E-state index contributed by atoms with van der Waals surface area (Å²) in [5.41, 5.74) is 6.62. The van der Waals surface area contributed by atoms with Gasteiger partial charge in [0.2, 0.25) is 0 Å². The molecule has 23 heavy (non-hydrogen) atoms. The van der Waals surface area contributed by atoms with Gasteiger partial charge in [0.15, 0.2) is 5.78 Å². The van der Waals surface area contributed by atoms with Gasteiger partial charge in [-0.2, -0.15) is 0 Å². The number of hydrogen-bond donors (Lipinski definition) is 1. The molecular formula is C16H14N5O2. The molecule has 0 bridgehead atoms. The second-order valence-corrected chi connectivity index (χ2v) is 5.35. The zero-order valence-corrected chi connectivity index (χ0v) is 12.6. The Kier molecular flexibility index (Phi) is 3.61. The molecule has 7 heteroatoms. The van der Waals surface area contributed by atoms with Gasteiger partial charge in [0.1, 0.15) is 17.7 Å². The van der Waals surface area contributed by atoms with Crippen LogP contribution in [-0.4, -0.2) is 31.2 Å². The molecule has 0 aliphatic carbocycles. The molecule has 0 saturated heterocycles. The van der Waals surface area contributed by atoms with Gasteiger partial charge in [0.25, 0.3) is 5.91 Å². The van der Waals surface area contributed by atoms with E-state index in [1.807, 2.05) is 18.4 Å². The van der Waals surface area contributed by atoms with E-state index < -0.39 is 5.91 Å². The van der Waals surface area contributed by atoms with Crippen molar-refractivity contribution < 1.29 is 9.59 Å². The van der Waals surface area contributed by atoms with Crippen molar-refractivity contribution in [3.8, 4) is 0 Å². The zero-order valence-electron chi connectivity index (χ0n) is 12.6. The lowest BCUT2D eigenvalue weighted by molar-refractivity contribution is 0.0991. The van der Waals surface area contributed by atoms with Crippen LogP contribution in [0.5, 0.6) is 0 Å². The normalized spacial score (nSPS) is 11.1. The predicted octanol–water partition coefficient (Wildman–Crippen LogP) is 1.54. The fraction of sp³-hybridized carbons (Fsp3) is 0.188. The third-order valence-electron chi connectivity index (χ3n) is 3.49. The maximum Gasteiger partial charge on any atom is 0.267 e. The summed E-state index contributed by atoms with van der Waals surface area (Å²) in [5.74, 6) is -0.919. The molecule has 0 aliphatic rings. The summed E-state index contributed by atoms with van der Waals surface area (Å²) in [6.45, 7) is 4.01. The molecule has 0 saturated carbocycles. The summed E-state index contributed by atoms with van der Waals surface area (Å²) in [4.78, 5) is 35.9. The lowest BCUT2D eigenvalue weighted by atomic mass is 10.1. The third-order valence-corrected chi connectivity index (χ3v) is 3.49. The Hall–Kier alpha value is -3.09. The maximum absolute atomic E-state index is 12.7. The number of carbonyl (C=O) groups excluding carboxylic acids is 2. The van der Waals surface area contributed by atoms with Gasteiger partial charge >= 0.3 is 0 Å². The first-order valence-electron chi connectivity index (χ1n) is 7.02. The number of primary amides is 1. The lowest BCUT2D eigenvalue weighted by Gasteiger charge is -2.07. The van der Waals surface area contributed by atoms with Crippen molar-refractivity contribution in [3.05, 3.63) is 53.9 Å². The van der Waals surface area contributed by atoms with E-state index in [1.54, 1.807) is 12.4 Å². The minimum atomic E-state index is -0.686. The first kappa shape index (κ1) is 14.8. The molecule has 0 fully saturated rings. The topological polar surface area (TPSA) is 104 Å². The van der Waals surface area contributed by atoms with Gasteiger partial charge < -0.3 is 10.3 Å². The number of fused-ring (bicyclic) bond motifs is 1. The molecule has 2 N–H and O–H groups in total. The number of carbonyl (C=O) groups is 2. The summed E-state index contributed by atoms with van der Waals surface area (Å²) in [7, 11) is 0. The number of hydrogen-bond acceptors (Lipinski definition) is 5.